The summed E-state index contributed by atoms with van der Waals surface area (Å²) >= 11 is 0. The molecule has 1 fully saturated rings. The Hall–Kier alpha value is -1.95. The minimum absolute atomic E-state index is 0.333. The predicted octanol–water partition coefficient (Wildman–Crippen LogP) is 1.64. The molecule has 0 bridgehead atoms. The smallest absolute Gasteiger partial charge is 0.119 e. The van der Waals surface area contributed by atoms with Crippen molar-refractivity contribution in [2.24, 2.45) is 0 Å². The summed E-state index contributed by atoms with van der Waals surface area (Å²) in [5, 5.41) is 10.2. The van der Waals surface area contributed by atoms with E-state index >= 15 is 0 Å². The van der Waals surface area contributed by atoms with E-state index in [-0.39, 0.29) is 0 Å². The van der Waals surface area contributed by atoms with E-state index in [1.54, 1.807) is 6.20 Å². The Morgan fingerprint density at radius 3 is 2.46 bits per heavy atom. The fraction of sp³-hybridized carbons (Fsp3) is 0.421. The zero-order chi connectivity index (χ0) is 16.6. The minimum Gasteiger partial charge on any atom is -0.491 e. The number of hydrogen-bond donors (Lipinski definition) is 1. The maximum atomic E-state index is 10.2. The van der Waals surface area contributed by atoms with E-state index in [4.69, 9.17) is 4.74 Å². The molecule has 1 unspecified atom stereocenters. The molecule has 1 atom stereocenters. The van der Waals surface area contributed by atoms with Crippen molar-refractivity contribution in [1.82, 2.24) is 14.8 Å². The number of aliphatic hydroxyl groups excluding tert-OH is 1. The van der Waals surface area contributed by atoms with Gasteiger partial charge >= 0.3 is 0 Å². The van der Waals surface area contributed by atoms with Crippen LogP contribution in [0.5, 0.6) is 5.75 Å². The average Bonchev–Trinajstić information content (AvgIpc) is 2.63. The molecule has 1 aromatic carbocycles. The van der Waals surface area contributed by atoms with Crippen molar-refractivity contribution in [1.29, 1.82) is 0 Å². The molecule has 128 valence electrons. The molecule has 1 saturated heterocycles. The number of aliphatic hydroxyl groups is 1. The van der Waals surface area contributed by atoms with Crippen LogP contribution in [0.3, 0.4) is 0 Å². The van der Waals surface area contributed by atoms with E-state index in [2.05, 4.69) is 20.9 Å². The van der Waals surface area contributed by atoms with Gasteiger partial charge in [-0.15, -0.1) is 0 Å². The Kier molecular flexibility index (Phi) is 6.18. The van der Waals surface area contributed by atoms with Crippen LogP contribution in [0.4, 0.5) is 0 Å². The molecular formula is C19H25N3O2. The number of rotatable bonds is 7. The number of nitrogens with zero attached hydrogens (tertiary/aromatic N) is 3. The maximum Gasteiger partial charge on any atom is 0.119 e. The standard InChI is InChI=1S/C19H25N3O2/c23-18(16-24-19-6-2-1-3-7-19)15-22-11-9-21(10-12-22)14-17-5-4-8-20-13-17/h1-8,13,18,23H,9-12,14-16H2. The summed E-state index contributed by atoms with van der Waals surface area (Å²) < 4.78 is 5.62. The van der Waals surface area contributed by atoms with E-state index in [0.717, 1.165) is 38.5 Å². The van der Waals surface area contributed by atoms with Crippen molar-refractivity contribution in [3.8, 4) is 5.75 Å². The molecule has 0 amide bonds. The average molecular weight is 327 g/mol. The molecule has 0 saturated carbocycles. The van der Waals surface area contributed by atoms with Crippen LogP contribution in [0.25, 0.3) is 0 Å². The summed E-state index contributed by atoms with van der Waals surface area (Å²) in [6, 6.07) is 13.7. The third-order valence-electron chi connectivity index (χ3n) is 4.25. The second-order valence-corrected chi connectivity index (χ2v) is 6.22. The number of aromatic nitrogens is 1. The molecule has 2 aromatic rings. The molecule has 3 rings (SSSR count). The van der Waals surface area contributed by atoms with Crippen LogP contribution in [-0.4, -0.2) is 65.3 Å². The number of benzene rings is 1. The second-order valence-electron chi connectivity index (χ2n) is 6.22. The van der Waals surface area contributed by atoms with Gasteiger partial charge < -0.3 is 9.84 Å². The van der Waals surface area contributed by atoms with Crippen molar-refractivity contribution in [3.63, 3.8) is 0 Å². The van der Waals surface area contributed by atoms with E-state index in [9.17, 15) is 5.11 Å². The van der Waals surface area contributed by atoms with Gasteiger partial charge in [-0.1, -0.05) is 24.3 Å². The molecule has 0 radical (unpaired) electrons. The first-order chi connectivity index (χ1) is 11.8. The molecule has 24 heavy (non-hydrogen) atoms. The highest BCUT2D eigenvalue weighted by molar-refractivity contribution is 5.20. The topological polar surface area (TPSA) is 48.8 Å². The number of ether oxygens (including phenoxy) is 1. The van der Waals surface area contributed by atoms with Gasteiger partial charge in [0.15, 0.2) is 0 Å². The van der Waals surface area contributed by atoms with Gasteiger partial charge in [0.05, 0.1) is 0 Å². The van der Waals surface area contributed by atoms with Gasteiger partial charge in [0.2, 0.25) is 0 Å². The summed E-state index contributed by atoms with van der Waals surface area (Å²) in [6.45, 7) is 5.92. The fourth-order valence-electron chi connectivity index (χ4n) is 2.94. The summed E-state index contributed by atoms with van der Waals surface area (Å²) in [5.41, 5.74) is 1.25. The van der Waals surface area contributed by atoms with Gasteiger partial charge in [0, 0.05) is 51.7 Å². The predicted molar refractivity (Wildman–Crippen MR) is 93.9 cm³/mol. The van der Waals surface area contributed by atoms with Gasteiger partial charge in [-0.2, -0.15) is 0 Å². The Morgan fingerprint density at radius 2 is 1.75 bits per heavy atom. The summed E-state index contributed by atoms with van der Waals surface area (Å²) in [4.78, 5) is 8.90. The first-order valence-electron chi connectivity index (χ1n) is 8.49. The lowest BCUT2D eigenvalue weighted by Crippen LogP contribution is -2.48. The first kappa shape index (κ1) is 16.9. The lowest BCUT2D eigenvalue weighted by atomic mass is 10.2. The van der Waals surface area contributed by atoms with Crippen LogP contribution in [0, 0.1) is 0 Å². The minimum atomic E-state index is -0.463. The molecule has 0 spiro atoms. The number of β-amino-alcohol motifs (C(OH)–C–C–N with tert-alkyl or cyclic N) is 1. The molecule has 1 aliphatic rings. The molecule has 0 aliphatic carbocycles. The highest BCUT2D eigenvalue weighted by Crippen LogP contribution is 2.10. The molecule has 5 nitrogen and oxygen atoms in total. The zero-order valence-corrected chi connectivity index (χ0v) is 13.9. The molecule has 2 heterocycles. The van der Waals surface area contributed by atoms with Crippen molar-refractivity contribution in [2.75, 3.05) is 39.3 Å². The zero-order valence-electron chi connectivity index (χ0n) is 13.9. The van der Waals surface area contributed by atoms with E-state index < -0.39 is 6.10 Å². The van der Waals surface area contributed by atoms with Crippen LogP contribution >= 0.6 is 0 Å². The van der Waals surface area contributed by atoms with Gasteiger partial charge in [-0.3, -0.25) is 14.8 Å². The summed E-state index contributed by atoms with van der Waals surface area (Å²) in [6.07, 6.45) is 3.27. The van der Waals surface area contributed by atoms with E-state index in [0.29, 0.717) is 13.2 Å². The highest BCUT2D eigenvalue weighted by Gasteiger charge is 2.19. The summed E-state index contributed by atoms with van der Waals surface area (Å²) in [5.74, 6) is 0.804. The number of hydrogen-bond acceptors (Lipinski definition) is 5. The third-order valence-corrected chi connectivity index (χ3v) is 4.25. The van der Waals surface area contributed by atoms with E-state index in [1.165, 1.54) is 5.56 Å². The van der Waals surface area contributed by atoms with E-state index in [1.807, 2.05) is 42.6 Å². The normalized spacial score (nSPS) is 17.5. The monoisotopic (exact) mass is 327 g/mol. The van der Waals surface area contributed by atoms with Crippen LogP contribution in [-0.2, 0) is 6.54 Å². The summed E-state index contributed by atoms with van der Waals surface area (Å²) in [7, 11) is 0. The lowest BCUT2D eigenvalue weighted by Gasteiger charge is -2.35. The van der Waals surface area contributed by atoms with Crippen LogP contribution in [0.15, 0.2) is 54.9 Å². The number of pyridine rings is 1. The van der Waals surface area contributed by atoms with Gasteiger partial charge in [0.25, 0.3) is 0 Å². The Morgan fingerprint density at radius 1 is 1.00 bits per heavy atom. The first-order valence-corrected chi connectivity index (χ1v) is 8.49. The molecular weight excluding hydrogens is 302 g/mol. The maximum absolute atomic E-state index is 10.2. The molecule has 5 heteroatoms. The third kappa shape index (κ3) is 5.30. The Labute approximate surface area is 143 Å². The van der Waals surface area contributed by atoms with Crippen LogP contribution in [0.2, 0.25) is 0 Å². The Balaban J connectivity index is 1.36. The molecule has 1 N–H and O–H groups in total. The van der Waals surface area contributed by atoms with Gasteiger partial charge in [-0.05, 0) is 23.8 Å². The lowest BCUT2D eigenvalue weighted by molar-refractivity contribution is 0.0446. The van der Waals surface area contributed by atoms with Gasteiger partial charge in [-0.25, -0.2) is 0 Å². The quantitative estimate of drug-likeness (QED) is 0.838. The SMILES string of the molecule is OC(COc1ccccc1)CN1CCN(Cc2cccnc2)CC1. The second kappa shape index (κ2) is 8.78. The number of para-hydroxylation sites is 1. The molecule has 1 aliphatic heterocycles. The van der Waals surface area contributed by atoms with Crippen molar-refractivity contribution >= 4 is 0 Å². The van der Waals surface area contributed by atoms with Crippen molar-refractivity contribution < 1.29 is 9.84 Å². The van der Waals surface area contributed by atoms with Crippen molar-refractivity contribution in [2.45, 2.75) is 12.6 Å². The van der Waals surface area contributed by atoms with Crippen LogP contribution < -0.4 is 4.74 Å². The molecule has 1 aromatic heterocycles. The Bertz CT molecular complexity index is 586. The van der Waals surface area contributed by atoms with Crippen molar-refractivity contribution in [3.05, 3.63) is 60.4 Å². The highest BCUT2D eigenvalue weighted by atomic mass is 16.5. The van der Waals surface area contributed by atoms with Crippen LogP contribution in [0.1, 0.15) is 5.56 Å². The number of piperazine rings is 1. The largest absolute Gasteiger partial charge is 0.491 e. The fourth-order valence-corrected chi connectivity index (χ4v) is 2.94. The van der Waals surface area contributed by atoms with Gasteiger partial charge in [0.1, 0.15) is 18.5 Å².